The third-order valence-electron chi connectivity index (χ3n) is 6.99. The molecule has 2 aromatic rings. The number of rotatable bonds is 16. The number of unbranched alkanes of at least 4 members (excludes halogenated alkanes) is 5. The number of benzene rings is 1. The number of carbonyl (C=O) groups is 2. The van der Waals surface area contributed by atoms with E-state index in [9.17, 15) is 18.0 Å². The van der Waals surface area contributed by atoms with Gasteiger partial charge in [0.05, 0.1) is 25.8 Å². The molecule has 1 amide bonds. The Morgan fingerprint density at radius 3 is 2.48 bits per heavy atom. The maximum absolute atomic E-state index is 13.7. The molecule has 1 aliphatic heterocycles. The van der Waals surface area contributed by atoms with Crippen molar-refractivity contribution in [3.63, 3.8) is 0 Å². The highest BCUT2D eigenvalue weighted by molar-refractivity contribution is 7.91. The summed E-state index contributed by atoms with van der Waals surface area (Å²) in [4.78, 5) is 25.9. The van der Waals surface area contributed by atoms with Gasteiger partial charge < -0.3 is 20.1 Å². The fraction of sp³-hybridized carbons (Fsp3) is 0.586. The molecule has 1 saturated heterocycles. The van der Waals surface area contributed by atoms with Crippen LogP contribution in [0.2, 0.25) is 0 Å². The van der Waals surface area contributed by atoms with Gasteiger partial charge in [-0.05, 0) is 57.0 Å². The summed E-state index contributed by atoms with van der Waals surface area (Å²) in [6.45, 7) is 5.83. The fourth-order valence-corrected chi connectivity index (χ4v) is 7.93. The van der Waals surface area contributed by atoms with Gasteiger partial charge in [-0.15, -0.1) is 11.3 Å². The van der Waals surface area contributed by atoms with E-state index in [2.05, 4.69) is 17.6 Å². The van der Waals surface area contributed by atoms with Gasteiger partial charge in [0.15, 0.2) is 0 Å². The van der Waals surface area contributed by atoms with Gasteiger partial charge in [0.2, 0.25) is 0 Å². The Kier molecular flexibility index (Phi) is 12.9. The second-order valence-electron chi connectivity index (χ2n) is 9.95. The predicted molar refractivity (Wildman–Crippen MR) is 158 cm³/mol. The van der Waals surface area contributed by atoms with Crippen LogP contribution in [-0.2, 0) is 21.3 Å². The molecule has 1 aromatic carbocycles. The summed E-state index contributed by atoms with van der Waals surface area (Å²) in [6, 6.07) is 8.55. The third-order valence-corrected chi connectivity index (χ3v) is 10.5. The number of hydrogen-bond acceptors (Lipinski definition) is 8. The number of nitrogens with zero attached hydrogens (tertiary/aromatic N) is 1. The number of esters is 1. The van der Waals surface area contributed by atoms with Crippen molar-refractivity contribution >= 4 is 33.2 Å². The lowest BCUT2D eigenvalue weighted by Gasteiger charge is -2.31. The van der Waals surface area contributed by atoms with Crippen LogP contribution < -0.4 is 15.4 Å². The van der Waals surface area contributed by atoms with Crippen LogP contribution in [0.1, 0.15) is 90.8 Å². The average molecular weight is 594 g/mol. The molecule has 0 saturated carbocycles. The highest BCUT2D eigenvalue weighted by Crippen LogP contribution is 2.32. The molecule has 1 fully saturated rings. The fourth-order valence-electron chi connectivity index (χ4n) is 4.72. The molecule has 0 spiro atoms. The van der Waals surface area contributed by atoms with Gasteiger partial charge in [-0.3, -0.25) is 4.79 Å². The SMILES string of the molecule is CCCCCCCCNC1CCN(S(=O)(=O)c2sc(CNC(=O)c3cccc(OC)c3)cc2C(=O)OCC)CC1. The van der Waals surface area contributed by atoms with E-state index in [1.807, 2.05) is 0 Å². The lowest BCUT2D eigenvalue weighted by atomic mass is 10.1. The molecular formula is C29H43N3O6S2. The Morgan fingerprint density at radius 2 is 1.77 bits per heavy atom. The summed E-state index contributed by atoms with van der Waals surface area (Å²) in [5.41, 5.74) is 0.433. The molecular weight excluding hydrogens is 550 g/mol. The lowest BCUT2D eigenvalue weighted by molar-refractivity contribution is 0.0522. The first-order valence-electron chi connectivity index (χ1n) is 14.3. The number of nitrogens with one attached hydrogen (secondary N) is 2. The molecule has 0 unspecified atom stereocenters. The van der Waals surface area contributed by atoms with Gasteiger partial charge in [-0.2, -0.15) is 4.31 Å². The molecule has 1 aromatic heterocycles. The van der Waals surface area contributed by atoms with E-state index < -0.39 is 16.0 Å². The molecule has 9 nitrogen and oxygen atoms in total. The molecule has 0 radical (unpaired) electrons. The number of carbonyl (C=O) groups excluding carboxylic acids is 2. The standard InChI is InChI=1S/C29H43N3O6S2/c1-4-6-7-8-9-10-16-30-23-14-17-32(18-15-23)40(35,36)29-26(28(34)38-5-2)20-25(39-29)21-31-27(33)22-12-11-13-24(19-22)37-3/h11-13,19-20,23,30H,4-10,14-18,21H2,1-3H3,(H,31,33). The first-order valence-corrected chi connectivity index (χ1v) is 16.5. The quantitative estimate of drug-likeness (QED) is 0.209. The van der Waals surface area contributed by atoms with Crippen LogP contribution in [-0.4, -0.2) is 64.0 Å². The molecule has 40 heavy (non-hydrogen) atoms. The summed E-state index contributed by atoms with van der Waals surface area (Å²) in [5, 5.41) is 6.38. The van der Waals surface area contributed by atoms with Crippen molar-refractivity contribution in [3.05, 3.63) is 46.3 Å². The van der Waals surface area contributed by atoms with E-state index in [0.29, 0.717) is 29.3 Å². The van der Waals surface area contributed by atoms with Crippen LogP contribution in [0, 0.1) is 0 Å². The zero-order chi connectivity index (χ0) is 29.0. The second-order valence-corrected chi connectivity index (χ2v) is 13.2. The minimum atomic E-state index is -3.90. The molecule has 3 rings (SSSR count). The van der Waals surface area contributed by atoms with Crippen LogP contribution in [0.5, 0.6) is 5.75 Å². The molecule has 2 N–H and O–H groups in total. The minimum absolute atomic E-state index is 0.0146. The molecule has 0 atom stereocenters. The monoisotopic (exact) mass is 593 g/mol. The van der Waals surface area contributed by atoms with E-state index in [1.54, 1.807) is 31.2 Å². The summed E-state index contributed by atoms with van der Waals surface area (Å²) in [5.74, 6) is -0.453. The topological polar surface area (TPSA) is 114 Å². The predicted octanol–water partition coefficient (Wildman–Crippen LogP) is 4.97. The van der Waals surface area contributed by atoms with Crippen molar-refractivity contribution in [2.75, 3.05) is 33.4 Å². The van der Waals surface area contributed by atoms with Crippen LogP contribution in [0.25, 0.3) is 0 Å². The number of amides is 1. The Balaban J connectivity index is 1.62. The number of sulfonamides is 1. The summed E-state index contributed by atoms with van der Waals surface area (Å²) in [7, 11) is -2.38. The van der Waals surface area contributed by atoms with Gasteiger partial charge >= 0.3 is 5.97 Å². The largest absolute Gasteiger partial charge is 0.497 e. The first-order chi connectivity index (χ1) is 19.3. The Hall–Kier alpha value is -2.47. The summed E-state index contributed by atoms with van der Waals surface area (Å²) < 4.78 is 39.1. The van der Waals surface area contributed by atoms with Crippen molar-refractivity contribution in [2.45, 2.75) is 82.0 Å². The summed E-state index contributed by atoms with van der Waals surface area (Å²) in [6.07, 6.45) is 8.89. The van der Waals surface area contributed by atoms with Crippen LogP contribution in [0.15, 0.2) is 34.5 Å². The van der Waals surface area contributed by atoms with Crippen LogP contribution >= 0.6 is 11.3 Å². The summed E-state index contributed by atoms with van der Waals surface area (Å²) >= 11 is 0.999. The zero-order valence-corrected chi connectivity index (χ0v) is 25.5. The van der Waals surface area contributed by atoms with Crippen molar-refractivity contribution < 1.29 is 27.5 Å². The number of ether oxygens (including phenoxy) is 2. The van der Waals surface area contributed by atoms with Crippen molar-refractivity contribution in [1.82, 2.24) is 14.9 Å². The minimum Gasteiger partial charge on any atom is -0.497 e. The molecule has 2 heterocycles. The number of piperidine rings is 1. The number of hydrogen-bond donors (Lipinski definition) is 2. The van der Waals surface area contributed by atoms with Crippen LogP contribution in [0.3, 0.4) is 0 Å². The highest BCUT2D eigenvalue weighted by Gasteiger charge is 2.34. The molecule has 222 valence electrons. The van der Waals surface area contributed by atoms with Crippen molar-refractivity contribution in [2.24, 2.45) is 0 Å². The van der Waals surface area contributed by atoms with Crippen molar-refractivity contribution in [3.8, 4) is 5.75 Å². The van der Waals surface area contributed by atoms with Gasteiger partial charge in [-0.25, -0.2) is 13.2 Å². The Bertz CT molecular complexity index is 1210. The van der Waals surface area contributed by atoms with E-state index in [1.165, 1.54) is 49.6 Å². The Labute approximate surface area is 242 Å². The van der Waals surface area contributed by atoms with E-state index >= 15 is 0 Å². The Morgan fingerprint density at radius 1 is 1.05 bits per heavy atom. The molecule has 1 aliphatic rings. The maximum atomic E-state index is 13.7. The first kappa shape index (κ1) is 32.0. The second kappa shape index (κ2) is 16.1. The smallest absolute Gasteiger partial charge is 0.340 e. The lowest BCUT2D eigenvalue weighted by Crippen LogP contribution is -2.45. The third kappa shape index (κ3) is 9.02. The zero-order valence-electron chi connectivity index (χ0n) is 23.9. The van der Waals surface area contributed by atoms with Gasteiger partial charge in [0.1, 0.15) is 9.96 Å². The van der Waals surface area contributed by atoms with Crippen LogP contribution in [0.4, 0.5) is 0 Å². The normalized spacial score (nSPS) is 14.7. The van der Waals surface area contributed by atoms with E-state index in [0.717, 1.165) is 37.1 Å². The average Bonchev–Trinajstić information content (AvgIpc) is 3.41. The molecule has 0 bridgehead atoms. The molecule has 11 heteroatoms. The van der Waals surface area contributed by atoms with Gasteiger partial charge in [0, 0.05) is 29.6 Å². The van der Waals surface area contributed by atoms with Gasteiger partial charge in [0.25, 0.3) is 15.9 Å². The van der Waals surface area contributed by atoms with E-state index in [4.69, 9.17) is 9.47 Å². The number of thiophene rings is 1. The van der Waals surface area contributed by atoms with E-state index in [-0.39, 0.29) is 34.9 Å². The maximum Gasteiger partial charge on any atom is 0.340 e. The number of methoxy groups -OCH3 is 1. The van der Waals surface area contributed by atoms with Crippen molar-refractivity contribution in [1.29, 1.82) is 0 Å². The molecule has 0 aliphatic carbocycles. The van der Waals surface area contributed by atoms with Gasteiger partial charge in [-0.1, -0.05) is 45.1 Å². The highest BCUT2D eigenvalue weighted by atomic mass is 32.2.